The van der Waals surface area contributed by atoms with Gasteiger partial charge in [-0.2, -0.15) is 0 Å². The van der Waals surface area contributed by atoms with Gasteiger partial charge in [-0.25, -0.2) is 0 Å². The van der Waals surface area contributed by atoms with Gasteiger partial charge in [0.25, 0.3) is 8.32 Å². The second-order valence-electron chi connectivity index (χ2n) is 9.51. The molecule has 0 aliphatic carbocycles. The number of rotatable bonds is 5. The summed E-state index contributed by atoms with van der Waals surface area (Å²) in [5, 5.41) is 2.52. The first-order valence-corrected chi connectivity index (χ1v) is 12.4. The van der Waals surface area contributed by atoms with Crippen molar-refractivity contribution < 1.29 is 18.6 Å². The van der Waals surface area contributed by atoms with Gasteiger partial charge < -0.3 is 18.6 Å². The molecule has 0 aromatic heterocycles. The number of benzene rings is 2. The minimum atomic E-state index is -2.54. The Morgan fingerprint density at radius 3 is 1.97 bits per heavy atom. The van der Waals surface area contributed by atoms with E-state index >= 15 is 0 Å². The van der Waals surface area contributed by atoms with Crippen LogP contribution >= 0.6 is 0 Å². The van der Waals surface area contributed by atoms with Gasteiger partial charge in [0, 0.05) is 6.42 Å². The third-order valence-electron chi connectivity index (χ3n) is 5.86. The molecular weight excluding hydrogens is 380 g/mol. The van der Waals surface area contributed by atoms with Crippen molar-refractivity contribution in [3.8, 4) is 0 Å². The minimum Gasteiger partial charge on any atom is -0.405 e. The topological polar surface area (TPSA) is 36.9 Å². The van der Waals surface area contributed by atoms with Crippen molar-refractivity contribution in [1.82, 2.24) is 0 Å². The maximum atomic E-state index is 6.97. The summed E-state index contributed by atoms with van der Waals surface area (Å²) in [5.41, 5.74) is 0. The third kappa shape index (κ3) is 3.94. The third-order valence-corrected chi connectivity index (χ3v) is 10.9. The summed E-state index contributed by atoms with van der Waals surface area (Å²) in [6, 6.07) is 21.4. The molecule has 29 heavy (non-hydrogen) atoms. The molecule has 5 heteroatoms. The van der Waals surface area contributed by atoms with Gasteiger partial charge in [-0.05, 0) is 29.3 Å². The molecule has 2 heterocycles. The molecule has 2 aromatic carbocycles. The summed E-state index contributed by atoms with van der Waals surface area (Å²) in [7, 11) is -2.54. The monoisotopic (exact) mass is 412 g/mol. The SMILES string of the molecule is CC1(C)O[C@@H]2O[C@H](CO[Si](c3ccccc3)(c3ccccc3)C(C)(C)C)C[C@@H]2O1. The molecule has 0 bridgehead atoms. The van der Waals surface area contributed by atoms with Crippen molar-refractivity contribution >= 4 is 18.7 Å². The molecule has 0 unspecified atom stereocenters. The lowest BCUT2D eigenvalue weighted by molar-refractivity contribution is -0.207. The van der Waals surface area contributed by atoms with Crippen molar-refractivity contribution in [2.24, 2.45) is 0 Å². The van der Waals surface area contributed by atoms with Gasteiger partial charge in [0.05, 0.1) is 12.7 Å². The summed E-state index contributed by atoms with van der Waals surface area (Å²) in [5.74, 6) is -0.570. The highest BCUT2D eigenvalue weighted by molar-refractivity contribution is 6.99. The van der Waals surface area contributed by atoms with Crippen LogP contribution in [0.3, 0.4) is 0 Å². The zero-order valence-electron chi connectivity index (χ0n) is 18.1. The Morgan fingerprint density at radius 2 is 1.48 bits per heavy atom. The predicted octanol–water partition coefficient (Wildman–Crippen LogP) is 3.83. The van der Waals surface area contributed by atoms with E-state index < -0.39 is 14.1 Å². The fourth-order valence-electron chi connectivity index (χ4n) is 4.67. The van der Waals surface area contributed by atoms with Gasteiger partial charge in [0.15, 0.2) is 12.1 Å². The Labute approximate surface area is 175 Å². The Bertz CT molecular complexity index is 760. The van der Waals surface area contributed by atoms with Gasteiger partial charge in [0.2, 0.25) is 0 Å². The number of hydrogen-bond donors (Lipinski definition) is 0. The number of fused-ring (bicyclic) bond motifs is 1. The molecule has 0 saturated carbocycles. The molecule has 156 valence electrons. The van der Waals surface area contributed by atoms with E-state index in [4.69, 9.17) is 18.6 Å². The van der Waals surface area contributed by atoms with Crippen LogP contribution in [0.5, 0.6) is 0 Å². The Kier molecular flexibility index (Phi) is 5.47. The van der Waals surface area contributed by atoms with Crippen molar-refractivity contribution in [2.75, 3.05) is 6.61 Å². The molecule has 2 aliphatic rings. The van der Waals surface area contributed by atoms with Crippen LogP contribution in [0.2, 0.25) is 5.04 Å². The summed E-state index contributed by atoms with van der Waals surface area (Å²) < 4.78 is 25.0. The summed E-state index contributed by atoms with van der Waals surface area (Å²) >= 11 is 0. The molecule has 2 fully saturated rings. The average molecular weight is 413 g/mol. The van der Waals surface area contributed by atoms with E-state index in [1.807, 2.05) is 13.8 Å². The second-order valence-corrected chi connectivity index (χ2v) is 13.8. The van der Waals surface area contributed by atoms with Crippen LogP contribution in [0.15, 0.2) is 60.7 Å². The zero-order valence-corrected chi connectivity index (χ0v) is 19.1. The molecule has 2 aliphatic heterocycles. The fraction of sp³-hybridized carbons (Fsp3) is 0.500. The largest absolute Gasteiger partial charge is 0.405 e. The van der Waals surface area contributed by atoms with Gasteiger partial charge in [-0.1, -0.05) is 81.4 Å². The van der Waals surface area contributed by atoms with Crippen molar-refractivity contribution in [3.05, 3.63) is 60.7 Å². The molecule has 3 atom stereocenters. The van der Waals surface area contributed by atoms with Crippen LogP contribution in [0.4, 0.5) is 0 Å². The van der Waals surface area contributed by atoms with Gasteiger partial charge >= 0.3 is 0 Å². The van der Waals surface area contributed by atoms with E-state index in [1.54, 1.807) is 0 Å². The Balaban J connectivity index is 1.62. The lowest BCUT2D eigenvalue weighted by Gasteiger charge is -2.43. The first kappa shape index (κ1) is 20.8. The quantitative estimate of drug-likeness (QED) is 0.700. The Morgan fingerprint density at radius 1 is 0.931 bits per heavy atom. The average Bonchev–Trinajstić information content (AvgIpc) is 3.16. The molecular formula is C24H32O4Si. The van der Waals surface area contributed by atoms with Crippen LogP contribution in [-0.4, -0.2) is 39.2 Å². The van der Waals surface area contributed by atoms with Crippen LogP contribution in [0.25, 0.3) is 0 Å². The molecule has 0 amide bonds. The first-order valence-electron chi connectivity index (χ1n) is 10.5. The van der Waals surface area contributed by atoms with E-state index in [9.17, 15) is 0 Å². The lowest BCUT2D eigenvalue weighted by atomic mass is 10.2. The molecule has 4 nitrogen and oxygen atoms in total. The van der Waals surface area contributed by atoms with Crippen molar-refractivity contribution in [3.63, 3.8) is 0 Å². The molecule has 0 radical (unpaired) electrons. The standard InChI is InChI=1S/C24H32O4Si/c1-23(2,3)29(19-12-8-6-9-13-19,20-14-10-7-11-15-20)25-17-18-16-21-22(26-18)28-24(4,5)27-21/h6-15,18,21-22H,16-17H2,1-5H3/t18-,21-,22-/m0/s1. The van der Waals surface area contributed by atoms with Crippen molar-refractivity contribution in [2.45, 2.75) is 70.4 Å². The molecule has 2 aromatic rings. The van der Waals surface area contributed by atoms with Crippen LogP contribution in [-0.2, 0) is 18.6 Å². The van der Waals surface area contributed by atoms with E-state index in [2.05, 4.69) is 81.4 Å². The Hall–Kier alpha value is -1.50. The van der Waals surface area contributed by atoms with Crippen LogP contribution < -0.4 is 10.4 Å². The highest BCUT2D eigenvalue weighted by atomic mass is 28.4. The predicted molar refractivity (Wildman–Crippen MR) is 117 cm³/mol. The van der Waals surface area contributed by atoms with Crippen molar-refractivity contribution in [1.29, 1.82) is 0 Å². The maximum absolute atomic E-state index is 6.97. The molecule has 0 N–H and O–H groups in total. The highest BCUT2D eigenvalue weighted by Crippen LogP contribution is 2.40. The number of hydrogen-bond acceptors (Lipinski definition) is 4. The fourth-order valence-corrected chi connectivity index (χ4v) is 9.26. The summed E-state index contributed by atoms with van der Waals surface area (Å²) in [6.07, 6.45) is 0.463. The van der Waals surface area contributed by atoms with E-state index in [0.717, 1.165) is 6.42 Å². The lowest BCUT2D eigenvalue weighted by Crippen LogP contribution is -2.67. The normalized spacial score (nSPS) is 26.4. The van der Waals surface area contributed by atoms with Gasteiger partial charge in [-0.3, -0.25) is 0 Å². The molecule has 2 saturated heterocycles. The second kappa shape index (κ2) is 7.64. The van der Waals surface area contributed by atoms with E-state index in [1.165, 1.54) is 10.4 Å². The maximum Gasteiger partial charge on any atom is 0.261 e. The highest BCUT2D eigenvalue weighted by Gasteiger charge is 2.52. The minimum absolute atomic E-state index is 0.0160. The smallest absolute Gasteiger partial charge is 0.261 e. The zero-order chi connectivity index (χ0) is 20.7. The first-order chi connectivity index (χ1) is 13.7. The van der Waals surface area contributed by atoms with Crippen LogP contribution in [0.1, 0.15) is 41.0 Å². The van der Waals surface area contributed by atoms with E-state index in [-0.39, 0.29) is 23.5 Å². The number of ether oxygens (including phenoxy) is 3. The summed E-state index contributed by atoms with van der Waals surface area (Å²) in [6.45, 7) is 11.3. The van der Waals surface area contributed by atoms with Crippen LogP contribution in [0, 0.1) is 0 Å². The van der Waals surface area contributed by atoms with Gasteiger partial charge in [0.1, 0.15) is 6.10 Å². The van der Waals surface area contributed by atoms with E-state index in [0.29, 0.717) is 6.61 Å². The molecule has 4 rings (SSSR count). The summed E-state index contributed by atoms with van der Waals surface area (Å²) in [4.78, 5) is 0. The van der Waals surface area contributed by atoms with Gasteiger partial charge in [-0.15, -0.1) is 0 Å². The molecule has 0 spiro atoms.